The van der Waals surface area contributed by atoms with Crippen LogP contribution in [0.2, 0.25) is 39.3 Å². The van der Waals surface area contributed by atoms with Crippen molar-refractivity contribution in [1.29, 1.82) is 0 Å². The van der Waals surface area contributed by atoms with Crippen LogP contribution in [0.4, 0.5) is 0 Å². The van der Waals surface area contributed by atoms with Crippen LogP contribution in [-0.4, -0.2) is 41.9 Å². The number of carbonyl (C=O) groups is 1. The summed E-state index contributed by atoms with van der Waals surface area (Å²) in [6.45, 7) is 15.9. The average molecular weight is 473 g/mol. The van der Waals surface area contributed by atoms with Crippen molar-refractivity contribution in [3.05, 3.63) is 12.2 Å². The van der Waals surface area contributed by atoms with E-state index >= 15 is 0 Å². The molecule has 0 rings (SSSR count). The molecule has 184 valence electrons. The third-order valence-corrected chi connectivity index (χ3v) is 7.01. The van der Waals surface area contributed by atoms with Gasteiger partial charge in [-0.05, 0) is 58.5 Å². The van der Waals surface area contributed by atoms with E-state index in [4.69, 9.17) is 13.6 Å². The van der Waals surface area contributed by atoms with Crippen LogP contribution in [0.1, 0.15) is 84.0 Å². The Balaban J connectivity index is 4.72. The summed E-state index contributed by atoms with van der Waals surface area (Å²) in [6, 6.07) is 0. The summed E-state index contributed by atoms with van der Waals surface area (Å²) in [6.07, 6.45) is 18.3. The number of hydrogen-bond donors (Lipinski definition) is 0. The molecule has 0 heterocycles. The minimum Gasteiger partial charge on any atom is -0.469 e. The highest BCUT2D eigenvalue weighted by Gasteiger charge is 2.22. The van der Waals surface area contributed by atoms with Crippen molar-refractivity contribution in [3.8, 4) is 0 Å². The van der Waals surface area contributed by atoms with E-state index in [0.29, 0.717) is 6.42 Å². The van der Waals surface area contributed by atoms with Gasteiger partial charge in [0.2, 0.25) is 0 Å². The second-order valence-corrected chi connectivity index (χ2v) is 19.6. The highest BCUT2D eigenvalue weighted by molar-refractivity contribution is 6.70. The molecule has 0 saturated carbocycles. The molecular weight excluding hydrogens is 420 g/mol. The molecule has 0 saturated heterocycles. The van der Waals surface area contributed by atoms with Gasteiger partial charge < -0.3 is 13.6 Å². The van der Waals surface area contributed by atoms with Crippen LogP contribution < -0.4 is 0 Å². The van der Waals surface area contributed by atoms with Crippen LogP contribution in [-0.2, 0) is 18.4 Å². The van der Waals surface area contributed by atoms with Gasteiger partial charge in [0.1, 0.15) is 0 Å². The number of hydrogen-bond acceptors (Lipinski definition) is 4. The smallest absolute Gasteiger partial charge is 0.305 e. The topological polar surface area (TPSA) is 44.8 Å². The van der Waals surface area contributed by atoms with Crippen LogP contribution >= 0.6 is 0 Å². The molecule has 0 aromatic rings. The molecule has 0 aromatic heterocycles. The molecule has 6 heteroatoms. The van der Waals surface area contributed by atoms with E-state index in [1.165, 1.54) is 39.2 Å². The van der Waals surface area contributed by atoms with Crippen LogP contribution in [0.15, 0.2) is 12.2 Å². The zero-order chi connectivity index (χ0) is 23.8. The summed E-state index contributed by atoms with van der Waals surface area (Å²) in [5.41, 5.74) is 0. The lowest BCUT2D eigenvalue weighted by Crippen LogP contribution is -2.33. The number of carbonyl (C=O) groups excluding carboxylic acids is 1. The lowest BCUT2D eigenvalue weighted by Gasteiger charge is -2.27. The Morgan fingerprint density at radius 2 is 1.13 bits per heavy atom. The van der Waals surface area contributed by atoms with Crippen molar-refractivity contribution in [2.45, 2.75) is 135 Å². The van der Waals surface area contributed by atoms with E-state index < -0.39 is 16.6 Å². The quantitative estimate of drug-likeness (QED) is 0.0830. The molecule has 4 nitrogen and oxygen atoms in total. The van der Waals surface area contributed by atoms with Gasteiger partial charge in [-0.2, -0.15) is 0 Å². The highest BCUT2D eigenvalue weighted by atomic mass is 28.4. The number of esters is 1. The van der Waals surface area contributed by atoms with Gasteiger partial charge in [0.15, 0.2) is 16.6 Å². The van der Waals surface area contributed by atoms with Gasteiger partial charge in [0, 0.05) is 6.42 Å². The van der Waals surface area contributed by atoms with Gasteiger partial charge in [0.25, 0.3) is 0 Å². The molecule has 0 radical (unpaired) electrons. The molecule has 0 fully saturated rings. The van der Waals surface area contributed by atoms with Crippen LogP contribution in [0.25, 0.3) is 0 Å². The molecule has 0 N–H and O–H groups in total. The molecule has 0 amide bonds. The van der Waals surface area contributed by atoms with E-state index in [0.717, 1.165) is 38.5 Å². The van der Waals surface area contributed by atoms with Crippen molar-refractivity contribution in [2.24, 2.45) is 0 Å². The second-order valence-electron chi connectivity index (χ2n) is 10.7. The Kier molecular flexibility index (Phi) is 16.9. The van der Waals surface area contributed by atoms with Gasteiger partial charge in [0.05, 0.1) is 19.3 Å². The first-order valence-electron chi connectivity index (χ1n) is 12.6. The fourth-order valence-electron chi connectivity index (χ4n) is 3.56. The maximum absolute atomic E-state index is 11.2. The fourth-order valence-corrected chi connectivity index (χ4v) is 5.77. The molecule has 2 atom stereocenters. The molecule has 0 aliphatic carbocycles. The minimum atomic E-state index is -1.62. The van der Waals surface area contributed by atoms with Crippen molar-refractivity contribution in [3.63, 3.8) is 0 Å². The van der Waals surface area contributed by atoms with Crippen LogP contribution in [0.5, 0.6) is 0 Å². The van der Waals surface area contributed by atoms with Gasteiger partial charge in [-0.3, -0.25) is 4.79 Å². The predicted molar refractivity (Wildman–Crippen MR) is 139 cm³/mol. The Morgan fingerprint density at radius 1 is 0.710 bits per heavy atom. The molecule has 0 aliphatic rings. The molecule has 0 spiro atoms. The number of unbranched alkanes of at least 4 members (excludes halogenated alkanes) is 7. The largest absolute Gasteiger partial charge is 0.469 e. The Bertz CT molecular complexity index is 481. The number of methoxy groups -OCH3 is 1. The maximum atomic E-state index is 11.2. The standard InChI is InChI=1S/C25H52O4Si2/c1-9-10-11-12-15-18-23(28-30(3,4)5)21-22-24(29-31(6,7)8)19-16-13-14-17-20-25(26)27-2/h21-24H,9-20H2,1-8H3/b22-21+/t23-,24+/m0/s1. The Morgan fingerprint density at radius 3 is 1.52 bits per heavy atom. The van der Waals surface area contributed by atoms with Crippen molar-refractivity contribution < 1.29 is 18.4 Å². The van der Waals surface area contributed by atoms with Crippen molar-refractivity contribution in [1.82, 2.24) is 0 Å². The lowest BCUT2D eigenvalue weighted by atomic mass is 10.1. The average Bonchev–Trinajstić information content (AvgIpc) is 2.65. The summed E-state index contributed by atoms with van der Waals surface area (Å²) in [4.78, 5) is 11.2. The minimum absolute atomic E-state index is 0.106. The summed E-state index contributed by atoms with van der Waals surface area (Å²) < 4.78 is 17.7. The molecule has 31 heavy (non-hydrogen) atoms. The number of ether oxygens (including phenoxy) is 1. The third kappa shape index (κ3) is 21.2. The van der Waals surface area contributed by atoms with E-state index in [1.807, 2.05) is 0 Å². The highest BCUT2D eigenvalue weighted by Crippen LogP contribution is 2.19. The van der Waals surface area contributed by atoms with E-state index in [1.54, 1.807) is 0 Å². The first-order valence-corrected chi connectivity index (χ1v) is 19.4. The normalized spacial score (nSPS) is 14.7. The lowest BCUT2D eigenvalue weighted by molar-refractivity contribution is -0.140. The molecule has 0 aliphatic heterocycles. The molecular formula is C25H52O4Si2. The van der Waals surface area contributed by atoms with Crippen molar-refractivity contribution in [2.75, 3.05) is 7.11 Å². The fraction of sp³-hybridized carbons (Fsp3) is 0.880. The zero-order valence-corrected chi connectivity index (χ0v) is 23.9. The van der Waals surface area contributed by atoms with Crippen molar-refractivity contribution >= 4 is 22.6 Å². The molecule has 0 aromatic carbocycles. The summed E-state index contributed by atoms with van der Waals surface area (Å²) in [5.74, 6) is -0.106. The first kappa shape index (κ1) is 30.6. The van der Waals surface area contributed by atoms with E-state index in [-0.39, 0.29) is 18.2 Å². The maximum Gasteiger partial charge on any atom is 0.305 e. The van der Waals surface area contributed by atoms with E-state index in [9.17, 15) is 4.79 Å². The summed E-state index contributed by atoms with van der Waals surface area (Å²) in [5, 5.41) is 0. The van der Waals surface area contributed by atoms with Gasteiger partial charge >= 0.3 is 5.97 Å². The van der Waals surface area contributed by atoms with Crippen LogP contribution in [0.3, 0.4) is 0 Å². The Labute approximate surface area is 195 Å². The third-order valence-electron chi connectivity index (χ3n) is 4.99. The summed E-state index contributed by atoms with van der Waals surface area (Å²) >= 11 is 0. The summed E-state index contributed by atoms with van der Waals surface area (Å²) in [7, 11) is -1.75. The first-order chi connectivity index (χ1) is 14.5. The zero-order valence-electron chi connectivity index (χ0n) is 21.9. The van der Waals surface area contributed by atoms with Gasteiger partial charge in [-0.15, -0.1) is 0 Å². The Hall–Kier alpha value is -0.436. The van der Waals surface area contributed by atoms with E-state index in [2.05, 4.69) is 58.4 Å². The van der Waals surface area contributed by atoms with Gasteiger partial charge in [-0.1, -0.05) is 70.4 Å². The second kappa shape index (κ2) is 17.1. The SMILES string of the molecule is CCCCCCC[C@@H](/C=C/[C@@H](CCCCCCC(=O)OC)O[Si](C)(C)C)O[Si](C)(C)C. The monoisotopic (exact) mass is 472 g/mol. The van der Waals surface area contributed by atoms with Gasteiger partial charge in [-0.25, -0.2) is 0 Å². The number of rotatable bonds is 19. The molecule has 0 unspecified atom stereocenters. The molecule has 0 bridgehead atoms. The predicted octanol–water partition coefficient (Wildman–Crippen LogP) is 7.86. The van der Waals surface area contributed by atoms with Crippen LogP contribution in [0, 0.1) is 0 Å².